The van der Waals surface area contributed by atoms with Gasteiger partial charge in [-0.05, 0) is 38.7 Å². The molecule has 4 heteroatoms. The first-order chi connectivity index (χ1) is 8.90. The Hall–Kier alpha value is -1.58. The Kier molecular flexibility index (Phi) is 3.78. The van der Waals surface area contributed by atoms with Crippen molar-refractivity contribution in [1.82, 2.24) is 4.98 Å². The van der Waals surface area contributed by atoms with Crippen LogP contribution in [0.2, 0.25) is 0 Å². The third-order valence-corrected chi connectivity index (χ3v) is 3.44. The number of nitrogens with zero attached hydrogens (tertiary/aromatic N) is 2. The van der Waals surface area contributed by atoms with E-state index in [4.69, 9.17) is 11.1 Å². The van der Waals surface area contributed by atoms with Crippen LogP contribution >= 0.6 is 0 Å². The second-order valence-electron chi connectivity index (χ2n) is 5.93. The summed E-state index contributed by atoms with van der Waals surface area (Å²) < 4.78 is 0. The highest BCUT2D eigenvalue weighted by Gasteiger charge is 2.31. The molecule has 0 aromatic carbocycles. The van der Waals surface area contributed by atoms with Gasteiger partial charge in [-0.1, -0.05) is 13.8 Å². The van der Waals surface area contributed by atoms with E-state index < -0.39 is 0 Å². The Morgan fingerprint density at radius 1 is 1.47 bits per heavy atom. The van der Waals surface area contributed by atoms with Crippen molar-refractivity contribution in [3.8, 4) is 0 Å². The lowest BCUT2D eigenvalue weighted by atomic mass is 10.1. The number of nitrogens with one attached hydrogen (secondary N) is 1. The Balaban J connectivity index is 2.48. The molecule has 0 saturated heterocycles. The van der Waals surface area contributed by atoms with E-state index in [2.05, 4.69) is 29.8 Å². The van der Waals surface area contributed by atoms with Gasteiger partial charge in [0.25, 0.3) is 0 Å². The molecular formula is C15H24N4. The molecule has 104 valence electrons. The van der Waals surface area contributed by atoms with E-state index in [9.17, 15) is 0 Å². The fraction of sp³-hybridized carbons (Fsp3) is 0.600. The number of hydrogen-bond acceptors (Lipinski definition) is 3. The van der Waals surface area contributed by atoms with Crippen LogP contribution in [-0.2, 0) is 0 Å². The molecule has 1 aliphatic carbocycles. The zero-order chi connectivity index (χ0) is 14.2. The predicted molar refractivity (Wildman–Crippen MR) is 79.9 cm³/mol. The smallest absolute Gasteiger partial charge is 0.126 e. The summed E-state index contributed by atoms with van der Waals surface area (Å²) in [6.45, 7) is 9.40. The summed E-state index contributed by atoms with van der Waals surface area (Å²) in [6.07, 6.45) is 2.48. The summed E-state index contributed by atoms with van der Waals surface area (Å²) in [5.41, 5.74) is 9.52. The molecule has 0 amide bonds. The van der Waals surface area contributed by atoms with Crippen LogP contribution < -0.4 is 10.6 Å². The number of hydrogen-bond donors (Lipinski definition) is 2. The average Bonchev–Trinajstić information content (AvgIpc) is 3.07. The minimum absolute atomic E-state index is 0.120. The lowest BCUT2D eigenvalue weighted by molar-refractivity contribution is 0.606. The van der Waals surface area contributed by atoms with Crippen LogP contribution in [-0.4, -0.2) is 23.4 Å². The Bertz CT molecular complexity index is 489. The number of pyridine rings is 1. The van der Waals surface area contributed by atoms with Gasteiger partial charge >= 0.3 is 0 Å². The second-order valence-corrected chi connectivity index (χ2v) is 5.93. The van der Waals surface area contributed by atoms with Crippen molar-refractivity contribution < 1.29 is 0 Å². The van der Waals surface area contributed by atoms with Crippen molar-refractivity contribution in [2.75, 3.05) is 11.4 Å². The van der Waals surface area contributed by atoms with Crippen LogP contribution in [0.25, 0.3) is 0 Å². The molecule has 19 heavy (non-hydrogen) atoms. The normalized spacial score (nSPS) is 14.8. The van der Waals surface area contributed by atoms with E-state index in [0.29, 0.717) is 12.0 Å². The number of nitrogens with two attached hydrogens (primary N) is 1. The van der Waals surface area contributed by atoms with Gasteiger partial charge in [-0.25, -0.2) is 0 Å². The maximum atomic E-state index is 7.84. The molecule has 0 spiro atoms. The SMILES string of the molecule is Cc1cc(N(CC(C)C)C2CC2)c(C(=N)N)c(C)n1. The number of aryl methyl sites for hydroxylation is 2. The lowest BCUT2D eigenvalue weighted by Crippen LogP contribution is -2.32. The largest absolute Gasteiger partial charge is 0.384 e. The zero-order valence-electron chi connectivity index (χ0n) is 12.3. The number of anilines is 1. The van der Waals surface area contributed by atoms with Gasteiger partial charge in [-0.2, -0.15) is 0 Å². The molecule has 1 aliphatic rings. The molecule has 0 radical (unpaired) electrons. The number of aromatic nitrogens is 1. The molecule has 3 N–H and O–H groups in total. The van der Waals surface area contributed by atoms with E-state index in [-0.39, 0.29) is 5.84 Å². The number of amidine groups is 1. The van der Waals surface area contributed by atoms with Crippen LogP contribution in [0, 0.1) is 25.2 Å². The highest BCUT2D eigenvalue weighted by molar-refractivity contribution is 6.01. The molecule has 4 nitrogen and oxygen atoms in total. The fourth-order valence-electron chi connectivity index (χ4n) is 2.59. The first-order valence-corrected chi connectivity index (χ1v) is 6.99. The van der Waals surface area contributed by atoms with Crippen molar-refractivity contribution in [2.45, 2.75) is 46.6 Å². The van der Waals surface area contributed by atoms with Crippen molar-refractivity contribution in [2.24, 2.45) is 11.7 Å². The van der Waals surface area contributed by atoms with Gasteiger partial charge in [-0.15, -0.1) is 0 Å². The van der Waals surface area contributed by atoms with Gasteiger partial charge in [0.15, 0.2) is 0 Å². The Morgan fingerprint density at radius 2 is 2.11 bits per heavy atom. The van der Waals surface area contributed by atoms with Gasteiger partial charge in [-0.3, -0.25) is 10.4 Å². The summed E-state index contributed by atoms with van der Waals surface area (Å²) in [6, 6.07) is 2.69. The summed E-state index contributed by atoms with van der Waals surface area (Å²) >= 11 is 0. The predicted octanol–water partition coefficient (Wildman–Crippen LogP) is 2.61. The van der Waals surface area contributed by atoms with E-state index in [1.54, 1.807) is 0 Å². The Labute approximate surface area is 115 Å². The summed E-state index contributed by atoms with van der Waals surface area (Å²) in [5.74, 6) is 0.712. The van der Waals surface area contributed by atoms with Crippen LogP contribution in [0.15, 0.2) is 6.07 Å². The molecule has 0 unspecified atom stereocenters. The standard InChI is InChI=1S/C15H24N4/c1-9(2)8-19(12-5-6-12)13-7-10(3)18-11(4)14(13)15(16)17/h7,9,12H,5-6,8H2,1-4H3,(H3,16,17). The zero-order valence-corrected chi connectivity index (χ0v) is 12.3. The molecule has 1 aromatic heterocycles. The quantitative estimate of drug-likeness (QED) is 0.631. The van der Waals surface area contributed by atoms with E-state index >= 15 is 0 Å². The van der Waals surface area contributed by atoms with Gasteiger partial charge < -0.3 is 10.6 Å². The Morgan fingerprint density at radius 3 is 2.58 bits per heavy atom. The summed E-state index contributed by atoms with van der Waals surface area (Å²) in [7, 11) is 0. The number of nitrogen functional groups attached to an aromatic ring is 1. The van der Waals surface area contributed by atoms with Crippen molar-refractivity contribution >= 4 is 11.5 Å². The van der Waals surface area contributed by atoms with Crippen LogP contribution in [0.4, 0.5) is 5.69 Å². The molecular weight excluding hydrogens is 236 g/mol. The first-order valence-electron chi connectivity index (χ1n) is 6.99. The van der Waals surface area contributed by atoms with Crippen LogP contribution in [0.5, 0.6) is 0 Å². The molecule has 1 saturated carbocycles. The van der Waals surface area contributed by atoms with Crippen molar-refractivity contribution in [3.63, 3.8) is 0 Å². The maximum Gasteiger partial charge on any atom is 0.126 e. The van der Waals surface area contributed by atoms with E-state index in [1.807, 2.05) is 13.8 Å². The van der Waals surface area contributed by atoms with Gasteiger partial charge in [0.2, 0.25) is 0 Å². The molecule has 0 atom stereocenters. The average molecular weight is 260 g/mol. The van der Waals surface area contributed by atoms with Gasteiger partial charge in [0, 0.05) is 18.3 Å². The van der Waals surface area contributed by atoms with Gasteiger partial charge in [0.1, 0.15) is 5.84 Å². The van der Waals surface area contributed by atoms with Gasteiger partial charge in [0.05, 0.1) is 16.9 Å². The molecule has 0 aliphatic heterocycles. The minimum atomic E-state index is 0.120. The van der Waals surface area contributed by atoms with Crippen LogP contribution in [0.3, 0.4) is 0 Å². The maximum absolute atomic E-state index is 7.84. The van der Waals surface area contributed by atoms with Crippen LogP contribution in [0.1, 0.15) is 43.6 Å². The van der Waals surface area contributed by atoms with E-state index in [0.717, 1.165) is 29.2 Å². The molecule has 2 rings (SSSR count). The third-order valence-electron chi connectivity index (χ3n) is 3.44. The fourth-order valence-corrected chi connectivity index (χ4v) is 2.59. The monoisotopic (exact) mass is 260 g/mol. The highest BCUT2D eigenvalue weighted by Crippen LogP contribution is 2.35. The third kappa shape index (κ3) is 3.06. The molecule has 1 fully saturated rings. The first kappa shape index (κ1) is 13.8. The second kappa shape index (κ2) is 5.19. The lowest BCUT2D eigenvalue weighted by Gasteiger charge is -2.29. The molecule has 1 aromatic rings. The topological polar surface area (TPSA) is 66.0 Å². The molecule has 0 bridgehead atoms. The van der Waals surface area contributed by atoms with Crippen molar-refractivity contribution in [3.05, 3.63) is 23.0 Å². The minimum Gasteiger partial charge on any atom is -0.384 e. The summed E-state index contributed by atoms with van der Waals surface area (Å²) in [4.78, 5) is 6.87. The molecule has 1 heterocycles. The summed E-state index contributed by atoms with van der Waals surface area (Å²) in [5, 5.41) is 7.84. The van der Waals surface area contributed by atoms with E-state index in [1.165, 1.54) is 12.8 Å². The number of rotatable bonds is 5. The highest BCUT2D eigenvalue weighted by atomic mass is 15.2. The van der Waals surface area contributed by atoms with Crippen molar-refractivity contribution in [1.29, 1.82) is 5.41 Å².